The Hall–Kier alpha value is -0.610. The Morgan fingerprint density at radius 1 is 1.43 bits per heavy atom. The van der Waals surface area contributed by atoms with E-state index in [4.69, 9.17) is 4.74 Å². The summed E-state index contributed by atoms with van der Waals surface area (Å²) in [5, 5.41) is 5.84. The van der Waals surface area contributed by atoms with E-state index in [1.165, 1.54) is 0 Å². The van der Waals surface area contributed by atoms with Crippen molar-refractivity contribution in [1.82, 2.24) is 10.6 Å². The first-order valence-corrected chi connectivity index (χ1v) is 5.29. The van der Waals surface area contributed by atoms with Gasteiger partial charge in [0.05, 0.1) is 12.6 Å². The summed E-state index contributed by atoms with van der Waals surface area (Å²) in [6.45, 7) is 8.51. The molecule has 0 saturated carbocycles. The molecule has 0 aliphatic carbocycles. The van der Waals surface area contributed by atoms with Gasteiger partial charge in [-0.15, -0.1) is 0 Å². The molecule has 0 rings (SSSR count). The lowest BCUT2D eigenvalue weighted by molar-refractivity contribution is -0.120. The van der Waals surface area contributed by atoms with E-state index in [1.807, 2.05) is 13.8 Å². The SMILES string of the molecule is CCCNCC(=O)NCC(C)OCC. The minimum atomic E-state index is 0.0324. The van der Waals surface area contributed by atoms with Crippen molar-refractivity contribution in [3.63, 3.8) is 0 Å². The molecule has 0 fully saturated rings. The van der Waals surface area contributed by atoms with Crippen molar-refractivity contribution in [2.75, 3.05) is 26.2 Å². The molecule has 0 heterocycles. The summed E-state index contributed by atoms with van der Waals surface area (Å²) >= 11 is 0. The molecule has 0 radical (unpaired) electrons. The van der Waals surface area contributed by atoms with Crippen LogP contribution in [0.15, 0.2) is 0 Å². The second kappa shape index (κ2) is 8.97. The maximum atomic E-state index is 11.2. The van der Waals surface area contributed by atoms with Gasteiger partial charge in [0.15, 0.2) is 0 Å². The van der Waals surface area contributed by atoms with Crippen LogP contribution in [0, 0.1) is 0 Å². The molecule has 0 aromatic carbocycles. The zero-order valence-corrected chi connectivity index (χ0v) is 9.43. The lowest BCUT2D eigenvalue weighted by atomic mass is 10.4. The predicted molar refractivity (Wildman–Crippen MR) is 57.3 cm³/mol. The van der Waals surface area contributed by atoms with E-state index >= 15 is 0 Å². The number of hydrogen-bond acceptors (Lipinski definition) is 3. The topological polar surface area (TPSA) is 50.4 Å². The molecule has 4 heteroatoms. The van der Waals surface area contributed by atoms with Gasteiger partial charge in [0.25, 0.3) is 0 Å². The van der Waals surface area contributed by atoms with Crippen molar-refractivity contribution in [3.05, 3.63) is 0 Å². The van der Waals surface area contributed by atoms with Gasteiger partial charge in [-0.2, -0.15) is 0 Å². The van der Waals surface area contributed by atoms with Crippen molar-refractivity contribution in [1.29, 1.82) is 0 Å². The van der Waals surface area contributed by atoms with Gasteiger partial charge in [-0.25, -0.2) is 0 Å². The van der Waals surface area contributed by atoms with Crippen LogP contribution in [0.2, 0.25) is 0 Å². The van der Waals surface area contributed by atoms with Crippen LogP contribution in [0.25, 0.3) is 0 Å². The summed E-state index contributed by atoms with van der Waals surface area (Å²) in [6, 6.07) is 0. The number of carbonyl (C=O) groups excluding carboxylic acids is 1. The first kappa shape index (κ1) is 13.4. The minimum absolute atomic E-state index is 0.0324. The van der Waals surface area contributed by atoms with Gasteiger partial charge in [-0.3, -0.25) is 4.79 Å². The average molecular weight is 202 g/mol. The van der Waals surface area contributed by atoms with Crippen LogP contribution < -0.4 is 10.6 Å². The summed E-state index contributed by atoms with van der Waals surface area (Å²) in [5.74, 6) is 0.0324. The van der Waals surface area contributed by atoms with Gasteiger partial charge >= 0.3 is 0 Å². The Morgan fingerprint density at radius 3 is 2.71 bits per heavy atom. The number of hydrogen-bond donors (Lipinski definition) is 2. The fraction of sp³-hybridized carbons (Fsp3) is 0.900. The van der Waals surface area contributed by atoms with Crippen molar-refractivity contribution >= 4 is 5.91 Å². The molecule has 1 atom stereocenters. The maximum Gasteiger partial charge on any atom is 0.234 e. The van der Waals surface area contributed by atoms with Crippen LogP contribution in [0.3, 0.4) is 0 Å². The molecule has 1 amide bonds. The molecule has 0 bridgehead atoms. The molecular formula is C10H22N2O2. The Labute approximate surface area is 86.4 Å². The van der Waals surface area contributed by atoms with Crippen LogP contribution in [0.5, 0.6) is 0 Å². The van der Waals surface area contributed by atoms with Crippen LogP contribution in [-0.2, 0) is 9.53 Å². The molecule has 14 heavy (non-hydrogen) atoms. The summed E-state index contributed by atoms with van der Waals surface area (Å²) in [5.41, 5.74) is 0. The zero-order valence-electron chi connectivity index (χ0n) is 9.43. The van der Waals surface area contributed by atoms with Crippen molar-refractivity contribution in [2.24, 2.45) is 0 Å². The molecule has 2 N–H and O–H groups in total. The average Bonchev–Trinajstić information content (AvgIpc) is 2.16. The number of ether oxygens (including phenoxy) is 1. The highest BCUT2D eigenvalue weighted by atomic mass is 16.5. The Morgan fingerprint density at radius 2 is 2.14 bits per heavy atom. The highest BCUT2D eigenvalue weighted by molar-refractivity contribution is 5.77. The molecule has 84 valence electrons. The van der Waals surface area contributed by atoms with E-state index in [2.05, 4.69) is 17.6 Å². The summed E-state index contributed by atoms with van der Waals surface area (Å²) in [4.78, 5) is 11.2. The van der Waals surface area contributed by atoms with Crippen LogP contribution in [0.4, 0.5) is 0 Å². The standard InChI is InChI=1S/C10H22N2O2/c1-4-6-11-8-10(13)12-7-9(3)14-5-2/h9,11H,4-8H2,1-3H3,(H,12,13). The van der Waals surface area contributed by atoms with Crippen LogP contribution in [0.1, 0.15) is 27.2 Å². The van der Waals surface area contributed by atoms with E-state index in [-0.39, 0.29) is 12.0 Å². The normalized spacial score (nSPS) is 12.5. The highest BCUT2D eigenvalue weighted by Gasteiger charge is 2.03. The molecule has 0 aliphatic rings. The first-order chi connectivity index (χ1) is 6.70. The first-order valence-electron chi connectivity index (χ1n) is 5.29. The van der Waals surface area contributed by atoms with Gasteiger partial charge in [0, 0.05) is 13.2 Å². The molecule has 0 spiro atoms. The smallest absolute Gasteiger partial charge is 0.234 e. The monoisotopic (exact) mass is 202 g/mol. The third-order valence-corrected chi connectivity index (χ3v) is 1.75. The van der Waals surface area contributed by atoms with E-state index in [9.17, 15) is 4.79 Å². The summed E-state index contributed by atoms with van der Waals surface area (Å²) in [6.07, 6.45) is 1.14. The summed E-state index contributed by atoms with van der Waals surface area (Å²) < 4.78 is 5.28. The number of amides is 1. The van der Waals surface area contributed by atoms with Crippen molar-refractivity contribution in [3.8, 4) is 0 Å². The number of carbonyl (C=O) groups is 1. The fourth-order valence-electron chi connectivity index (χ4n) is 1.04. The largest absolute Gasteiger partial charge is 0.377 e. The van der Waals surface area contributed by atoms with E-state index in [1.54, 1.807) is 0 Å². The van der Waals surface area contributed by atoms with E-state index in [0.29, 0.717) is 19.7 Å². The van der Waals surface area contributed by atoms with Gasteiger partial charge in [0.2, 0.25) is 5.91 Å². The van der Waals surface area contributed by atoms with Gasteiger partial charge in [-0.05, 0) is 26.8 Å². The molecule has 0 saturated heterocycles. The van der Waals surface area contributed by atoms with Gasteiger partial charge < -0.3 is 15.4 Å². The van der Waals surface area contributed by atoms with E-state index in [0.717, 1.165) is 13.0 Å². The third kappa shape index (κ3) is 8.01. The molecular weight excluding hydrogens is 180 g/mol. The third-order valence-electron chi connectivity index (χ3n) is 1.75. The second-order valence-corrected chi connectivity index (χ2v) is 3.25. The number of rotatable bonds is 8. The minimum Gasteiger partial charge on any atom is -0.377 e. The lowest BCUT2D eigenvalue weighted by Gasteiger charge is -2.12. The Bertz CT molecular complexity index is 151. The second-order valence-electron chi connectivity index (χ2n) is 3.25. The predicted octanol–water partition coefficient (Wildman–Crippen LogP) is 0.527. The van der Waals surface area contributed by atoms with Gasteiger partial charge in [0.1, 0.15) is 0 Å². The van der Waals surface area contributed by atoms with Gasteiger partial charge in [-0.1, -0.05) is 6.92 Å². The van der Waals surface area contributed by atoms with Crippen molar-refractivity contribution < 1.29 is 9.53 Å². The van der Waals surface area contributed by atoms with Crippen LogP contribution in [-0.4, -0.2) is 38.3 Å². The molecule has 0 aliphatic heterocycles. The van der Waals surface area contributed by atoms with E-state index < -0.39 is 0 Å². The molecule has 0 aromatic rings. The summed E-state index contributed by atoms with van der Waals surface area (Å²) in [7, 11) is 0. The Kier molecular flexibility index (Phi) is 8.57. The quantitative estimate of drug-likeness (QED) is 0.564. The highest BCUT2D eigenvalue weighted by Crippen LogP contribution is 1.86. The molecule has 0 aromatic heterocycles. The van der Waals surface area contributed by atoms with Crippen LogP contribution >= 0.6 is 0 Å². The Balaban J connectivity index is 3.34. The zero-order chi connectivity index (χ0) is 10.8. The fourth-order valence-corrected chi connectivity index (χ4v) is 1.04. The lowest BCUT2D eigenvalue weighted by Crippen LogP contribution is -2.38. The molecule has 4 nitrogen and oxygen atoms in total. The van der Waals surface area contributed by atoms with Crippen molar-refractivity contribution in [2.45, 2.75) is 33.3 Å². The number of nitrogens with one attached hydrogen (secondary N) is 2. The maximum absolute atomic E-state index is 11.2. The molecule has 1 unspecified atom stereocenters.